The van der Waals surface area contributed by atoms with Crippen LogP contribution in [0.15, 0.2) is 41.1 Å². The number of nitrogens with one attached hydrogen (secondary N) is 2. The molecule has 0 spiro atoms. The van der Waals surface area contributed by atoms with E-state index in [4.69, 9.17) is 4.42 Å². The molecule has 0 radical (unpaired) electrons. The fraction of sp³-hybridized carbons (Fsp3) is 0.333. The van der Waals surface area contributed by atoms with Gasteiger partial charge in [-0.3, -0.25) is 10.1 Å². The van der Waals surface area contributed by atoms with Gasteiger partial charge in [0.15, 0.2) is 12.2 Å². The van der Waals surface area contributed by atoms with Gasteiger partial charge >= 0.3 is 0 Å². The second-order valence-corrected chi connectivity index (χ2v) is 5.21. The van der Waals surface area contributed by atoms with Crippen LogP contribution in [0, 0.1) is 0 Å². The van der Waals surface area contributed by atoms with Crippen LogP contribution in [-0.2, 0) is 11.3 Å². The van der Waals surface area contributed by atoms with Crippen LogP contribution in [0.4, 0.5) is 8.78 Å². The van der Waals surface area contributed by atoms with Crippen LogP contribution in [0.2, 0.25) is 0 Å². The molecule has 1 aromatic carbocycles. The number of hydrogen-bond acceptors (Lipinski definition) is 4. The zero-order valence-corrected chi connectivity index (χ0v) is 12.9. The fourth-order valence-corrected chi connectivity index (χ4v) is 2.41. The number of carbonyl (C=O) groups excluding carboxylic acids is 1. The van der Waals surface area contributed by atoms with Crippen molar-refractivity contribution in [2.45, 2.75) is 24.9 Å². The Morgan fingerprint density at radius 3 is 2.78 bits per heavy atom. The number of oxazole rings is 1. The highest BCUT2D eigenvalue weighted by Gasteiger charge is 2.42. The SMILES string of the molecule is Cl.O=C(NCc1ncoc1-c1ccccc1)C1CC(F)(F)CN1. The Morgan fingerprint density at radius 2 is 2.13 bits per heavy atom. The Bertz CT molecular complexity index is 664. The summed E-state index contributed by atoms with van der Waals surface area (Å²) in [5.41, 5.74) is 1.40. The molecule has 1 amide bonds. The fourth-order valence-electron chi connectivity index (χ4n) is 2.41. The maximum Gasteiger partial charge on any atom is 0.262 e. The van der Waals surface area contributed by atoms with E-state index in [1.165, 1.54) is 6.39 Å². The van der Waals surface area contributed by atoms with E-state index in [0.717, 1.165) is 5.56 Å². The Hall–Kier alpha value is -1.99. The second kappa shape index (κ2) is 7.06. The number of carbonyl (C=O) groups is 1. The minimum absolute atomic E-state index is 0. The molecule has 2 N–H and O–H groups in total. The first kappa shape index (κ1) is 17.4. The second-order valence-electron chi connectivity index (χ2n) is 5.21. The number of nitrogens with zero attached hydrogens (tertiary/aromatic N) is 1. The largest absolute Gasteiger partial charge is 0.443 e. The predicted octanol–water partition coefficient (Wildman–Crippen LogP) is 2.38. The van der Waals surface area contributed by atoms with Gasteiger partial charge in [-0.1, -0.05) is 30.3 Å². The summed E-state index contributed by atoms with van der Waals surface area (Å²) in [6, 6.07) is 8.47. The van der Waals surface area contributed by atoms with Gasteiger partial charge in [0.05, 0.1) is 19.1 Å². The quantitative estimate of drug-likeness (QED) is 0.894. The van der Waals surface area contributed by atoms with Crippen molar-refractivity contribution in [3.8, 4) is 11.3 Å². The van der Waals surface area contributed by atoms with Crippen molar-refractivity contribution < 1.29 is 18.0 Å². The van der Waals surface area contributed by atoms with Gasteiger partial charge in [0.25, 0.3) is 5.92 Å². The molecule has 1 saturated heterocycles. The highest BCUT2D eigenvalue weighted by atomic mass is 35.5. The summed E-state index contributed by atoms with van der Waals surface area (Å²) < 4.78 is 31.5. The lowest BCUT2D eigenvalue weighted by Gasteiger charge is -2.10. The summed E-state index contributed by atoms with van der Waals surface area (Å²) >= 11 is 0. The summed E-state index contributed by atoms with van der Waals surface area (Å²) in [6.07, 6.45) is 0.814. The van der Waals surface area contributed by atoms with Crippen LogP contribution in [0.1, 0.15) is 12.1 Å². The summed E-state index contributed by atoms with van der Waals surface area (Å²) in [7, 11) is 0. The van der Waals surface area contributed by atoms with Crippen molar-refractivity contribution >= 4 is 18.3 Å². The highest BCUT2D eigenvalue weighted by Crippen LogP contribution is 2.25. The Labute approximate surface area is 137 Å². The number of amides is 1. The molecule has 1 unspecified atom stereocenters. The van der Waals surface area contributed by atoms with Gasteiger partial charge in [-0.25, -0.2) is 13.8 Å². The van der Waals surface area contributed by atoms with Gasteiger partial charge in [-0.05, 0) is 0 Å². The third-order valence-electron chi connectivity index (χ3n) is 3.53. The molecular weight excluding hydrogens is 328 g/mol. The van der Waals surface area contributed by atoms with Gasteiger partial charge < -0.3 is 9.73 Å². The van der Waals surface area contributed by atoms with Crippen molar-refractivity contribution in [2.24, 2.45) is 0 Å². The van der Waals surface area contributed by atoms with E-state index in [1.54, 1.807) is 0 Å². The molecule has 1 aliphatic rings. The molecule has 1 aromatic heterocycles. The highest BCUT2D eigenvalue weighted by molar-refractivity contribution is 5.85. The maximum atomic E-state index is 13.1. The van der Waals surface area contributed by atoms with E-state index in [2.05, 4.69) is 15.6 Å². The smallest absolute Gasteiger partial charge is 0.262 e. The Balaban J connectivity index is 0.00000192. The van der Waals surface area contributed by atoms with Gasteiger partial charge in [0.2, 0.25) is 5.91 Å². The lowest BCUT2D eigenvalue weighted by molar-refractivity contribution is -0.123. The molecule has 3 rings (SSSR count). The van der Waals surface area contributed by atoms with Gasteiger partial charge in [-0.2, -0.15) is 0 Å². The third-order valence-corrected chi connectivity index (χ3v) is 3.53. The zero-order valence-electron chi connectivity index (χ0n) is 12.1. The molecule has 0 saturated carbocycles. The number of alkyl halides is 2. The van der Waals surface area contributed by atoms with Crippen LogP contribution < -0.4 is 10.6 Å². The average Bonchev–Trinajstić information content (AvgIpc) is 3.12. The van der Waals surface area contributed by atoms with Crippen LogP contribution in [0.3, 0.4) is 0 Å². The van der Waals surface area contributed by atoms with Crippen molar-refractivity contribution in [2.75, 3.05) is 6.54 Å². The van der Waals surface area contributed by atoms with E-state index >= 15 is 0 Å². The van der Waals surface area contributed by atoms with Gasteiger partial charge in [-0.15, -0.1) is 12.4 Å². The van der Waals surface area contributed by atoms with Crippen molar-refractivity contribution in [3.05, 3.63) is 42.4 Å². The van der Waals surface area contributed by atoms with Crippen LogP contribution >= 0.6 is 12.4 Å². The zero-order chi connectivity index (χ0) is 15.6. The molecular formula is C15H16ClF2N3O2. The molecule has 2 aromatic rings. The number of benzene rings is 1. The molecule has 1 aliphatic heterocycles. The molecule has 23 heavy (non-hydrogen) atoms. The monoisotopic (exact) mass is 343 g/mol. The molecule has 124 valence electrons. The van der Waals surface area contributed by atoms with Gasteiger partial charge in [0.1, 0.15) is 5.69 Å². The van der Waals surface area contributed by atoms with Crippen LogP contribution in [0.25, 0.3) is 11.3 Å². The molecule has 5 nitrogen and oxygen atoms in total. The van der Waals surface area contributed by atoms with Crippen molar-refractivity contribution in [1.82, 2.24) is 15.6 Å². The first-order chi connectivity index (χ1) is 10.6. The molecule has 2 heterocycles. The van der Waals surface area contributed by atoms with Crippen LogP contribution in [-0.4, -0.2) is 29.4 Å². The number of rotatable bonds is 4. The minimum Gasteiger partial charge on any atom is -0.443 e. The lowest BCUT2D eigenvalue weighted by Crippen LogP contribution is -2.40. The summed E-state index contributed by atoms with van der Waals surface area (Å²) in [5.74, 6) is -2.73. The van der Waals surface area contributed by atoms with E-state index in [-0.39, 0.29) is 19.0 Å². The van der Waals surface area contributed by atoms with E-state index in [9.17, 15) is 13.6 Å². The molecule has 0 bridgehead atoms. The number of halogens is 3. The molecule has 1 fully saturated rings. The summed E-state index contributed by atoms with van der Waals surface area (Å²) in [4.78, 5) is 16.0. The van der Waals surface area contributed by atoms with Gasteiger partial charge in [0, 0.05) is 12.0 Å². The Morgan fingerprint density at radius 1 is 1.39 bits per heavy atom. The first-order valence-electron chi connectivity index (χ1n) is 6.92. The lowest BCUT2D eigenvalue weighted by atomic mass is 10.1. The predicted molar refractivity (Wildman–Crippen MR) is 82.4 cm³/mol. The average molecular weight is 344 g/mol. The third kappa shape index (κ3) is 4.05. The van der Waals surface area contributed by atoms with E-state index in [0.29, 0.717) is 11.5 Å². The standard InChI is InChI=1S/C15H15F2N3O2.ClH/c16-15(17)6-11(19-8-15)14(21)18-7-12-13(22-9-20-12)10-4-2-1-3-5-10;/h1-5,9,11,19H,6-8H2,(H,18,21);1H. The Kier molecular flexibility index (Phi) is 5.33. The van der Waals surface area contributed by atoms with Crippen molar-refractivity contribution in [1.29, 1.82) is 0 Å². The first-order valence-corrected chi connectivity index (χ1v) is 6.92. The van der Waals surface area contributed by atoms with E-state index < -0.39 is 30.8 Å². The number of aromatic nitrogens is 1. The topological polar surface area (TPSA) is 67.2 Å². The van der Waals surface area contributed by atoms with Crippen LogP contribution in [0.5, 0.6) is 0 Å². The maximum absolute atomic E-state index is 13.1. The molecule has 0 aliphatic carbocycles. The molecule has 1 atom stereocenters. The minimum atomic E-state index is -2.83. The normalized spacial score (nSPS) is 19.1. The number of hydrogen-bond donors (Lipinski definition) is 2. The summed E-state index contributed by atoms with van der Waals surface area (Å²) in [6.45, 7) is -0.340. The van der Waals surface area contributed by atoms with Crippen molar-refractivity contribution in [3.63, 3.8) is 0 Å². The summed E-state index contributed by atoms with van der Waals surface area (Å²) in [5, 5.41) is 5.13. The molecule has 8 heteroatoms. The van der Waals surface area contributed by atoms with E-state index in [1.807, 2.05) is 30.3 Å².